The molecule has 2 aromatic rings. The van der Waals surface area contributed by atoms with E-state index in [0.29, 0.717) is 0 Å². The van der Waals surface area contributed by atoms with E-state index in [4.69, 9.17) is 9.52 Å². The topological polar surface area (TPSA) is 53.7 Å². The average molecular weight is 273 g/mol. The van der Waals surface area contributed by atoms with Crippen LogP contribution >= 0.6 is 0 Å². The molecule has 2 heterocycles. The molecule has 0 radical (unpaired) electrons. The molecule has 20 heavy (non-hydrogen) atoms. The molecule has 0 bridgehead atoms. The maximum Gasteiger partial charge on any atom is 0.303 e. The lowest BCUT2D eigenvalue weighted by Crippen LogP contribution is -2.24. The van der Waals surface area contributed by atoms with Gasteiger partial charge in [0.15, 0.2) is 0 Å². The first kappa shape index (κ1) is 13.2. The molecule has 1 N–H and O–H groups in total. The van der Waals surface area contributed by atoms with Gasteiger partial charge in [0.1, 0.15) is 11.3 Å². The highest BCUT2D eigenvalue weighted by Crippen LogP contribution is 2.31. The third-order valence-electron chi connectivity index (χ3n) is 4.18. The molecule has 1 aliphatic rings. The highest BCUT2D eigenvalue weighted by Gasteiger charge is 2.29. The molecule has 0 amide bonds. The van der Waals surface area contributed by atoms with Crippen LogP contribution in [0.3, 0.4) is 0 Å². The van der Waals surface area contributed by atoms with E-state index in [2.05, 4.69) is 17.9 Å². The Labute approximate surface area is 118 Å². The van der Waals surface area contributed by atoms with Crippen molar-refractivity contribution in [3.8, 4) is 0 Å². The number of hydrogen-bond acceptors (Lipinski definition) is 3. The van der Waals surface area contributed by atoms with Crippen molar-refractivity contribution in [1.29, 1.82) is 0 Å². The molecule has 4 heteroatoms. The van der Waals surface area contributed by atoms with Crippen LogP contribution in [-0.2, 0) is 4.79 Å². The highest BCUT2D eigenvalue weighted by molar-refractivity contribution is 5.77. The number of carboxylic acids is 1. The Hall–Kier alpha value is -1.81. The van der Waals surface area contributed by atoms with E-state index in [9.17, 15) is 4.79 Å². The Balaban J connectivity index is 1.72. The lowest BCUT2D eigenvalue weighted by atomic mass is 10.1. The van der Waals surface area contributed by atoms with Crippen molar-refractivity contribution in [2.45, 2.75) is 25.8 Å². The number of rotatable bonds is 4. The predicted molar refractivity (Wildman–Crippen MR) is 76.6 cm³/mol. The van der Waals surface area contributed by atoms with Gasteiger partial charge in [-0.2, -0.15) is 0 Å². The fourth-order valence-electron chi connectivity index (χ4n) is 3.02. The molecule has 4 nitrogen and oxygen atoms in total. The first-order valence-electron chi connectivity index (χ1n) is 7.08. The highest BCUT2D eigenvalue weighted by atomic mass is 16.4. The maximum atomic E-state index is 10.8. The smallest absolute Gasteiger partial charge is 0.303 e. The summed E-state index contributed by atoms with van der Waals surface area (Å²) in [6, 6.07) is 10.3. The van der Waals surface area contributed by atoms with E-state index >= 15 is 0 Å². The number of nitrogens with zero attached hydrogens (tertiary/aromatic N) is 1. The monoisotopic (exact) mass is 273 g/mol. The number of likely N-dealkylation sites (tertiary alicyclic amines) is 1. The molecule has 1 saturated heterocycles. The summed E-state index contributed by atoms with van der Waals surface area (Å²) in [4.78, 5) is 13.1. The van der Waals surface area contributed by atoms with Crippen LogP contribution < -0.4 is 0 Å². The molecule has 1 aromatic carbocycles. The van der Waals surface area contributed by atoms with Crippen molar-refractivity contribution in [3.05, 3.63) is 36.1 Å². The van der Waals surface area contributed by atoms with Crippen LogP contribution in [0.2, 0.25) is 0 Å². The van der Waals surface area contributed by atoms with E-state index in [1.807, 2.05) is 24.3 Å². The van der Waals surface area contributed by atoms with Gasteiger partial charge >= 0.3 is 5.97 Å². The Morgan fingerprint density at radius 1 is 1.50 bits per heavy atom. The van der Waals surface area contributed by atoms with Gasteiger partial charge in [-0.1, -0.05) is 18.2 Å². The minimum atomic E-state index is -0.701. The first-order chi connectivity index (χ1) is 9.63. The molecule has 0 aliphatic carbocycles. The van der Waals surface area contributed by atoms with E-state index < -0.39 is 5.97 Å². The zero-order chi connectivity index (χ0) is 14.1. The summed E-state index contributed by atoms with van der Waals surface area (Å²) in [7, 11) is 0. The summed E-state index contributed by atoms with van der Waals surface area (Å²) in [5.41, 5.74) is 0.913. The van der Waals surface area contributed by atoms with Gasteiger partial charge in [0.25, 0.3) is 0 Å². The largest absolute Gasteiger partial charge is 0.481 e. The van der Waals surface area contributed by atoms with E-state index in [0.717, 1.165) is 36.2 Å². The molecule has 2 unspecified atom stereocenters. The van der Waals surface area contributed by atoms with E-state index in [1.165, 1.54) is 0 Å². The maximum absolute atomic E-state index is 10.8. The zero-order valence-corrected chi connectivity index (χ0v) is 11.6. The summed E-state index contributed by atoms with van der Waals surface area (Å²) in [6.07, 6.45) is 1.22. The van der Waals surface area contributed by atoms with Gasteiger partial charge < -0.3 is 9.52 Å². The molecule has 3 rings (SSSR count). The number of furan rings is 1. The van der Waals surface area contributed by atoms with Crippen molar-refractivity contribution in [2.75, 3.05) is 13.1 Å². The number of hydrogen-bond donors (Lipinski definition) is 1. The third-order valence-corrected chi connectivity index (χ3v) is 4.18. The van der Waals surface area contributed by atoms with E-state index in [1.54, 1.807) is 0 Å². The van der Waals surface area contributed by atoms with Crippen LogP contribution in [0.4, 0.5) is 0 Å². The van der Waals surface area contributed by atoms with Crippen LogP contribution in [0.1, 0.15) is 31.6 Å². The average Bonchev–Trinajstić information content (AvgIpc) is 3.03. The Kier molecular flexibility index (Phi) is 3.49. The number of carboxylic acid groups (broad SMARTS) is 1. The molecule has 106 valence electrons. The molecular weight excluding hydrogens is 254 g/mol. The standard InChI is InChI=1S/C16H19NO3/c1-11(17-7-6-12(10-17)8-16(18)19)15-9-13-4-2-3-5-14(13)20-15/h2-5,9,11-12H,6-8,10H2,1H3,(H,18,19). The van der Waals surface area contributed by atoms with Crippen molar-refractivity contribution < 1.29 is 14.3 Å². The van der Waals surface area contributed by atoms with Gasteiger partial charge in [0.2, 0.25) is 0 Å². The van der Waals surface area contributed by atoms with Crippen molar-refractivity contribution in [2.24, 2.45) is 5.92 Å². The molecule has 1 aliphatic heterocycles. The fraction of sp³-hybridized carbons (Fsp3) is 0.438. The Morgan fingerprint density at radius 2 is 2.30 bits per heavy atom. The van der Waals surface area contributed by atoms with Gasteiger partial charge in [-0.3, -0.25) is 9.69 Å². The summed E-state index contributed by atoms with van der Waals surface area (Å²) < 4.78 is 5.90. The second kappa shape index (κ2) is 5.29. The van der Waals surface area contributed by atoms with Crippen molar-refractivity contribution in [3.63, 3.8) is 0 Å². The summed E-state index contributed by atoms with van der Waals surface area (Å²) in [6.45, 7) is 3.90. The Morgan fingerprint density at radius 3 is 3.05 bits per heavy atom. The van der Waals surface area contributed by atoms with Crippen molar-refractivity contribution in [1.82, 2.24) is 4.90 Å². The molecule has 1 aromatic heterocycles. The lowest BCUT2D eigenvalue weighted by Gasteiger charge is -2.22. The summed E-state index contributed by atoms with van der Waals surface area (Å²) in [5.74, 6) is 0.523. The number of carbonyl (C=O) groups is 1. The second-order valence-electron chi connectivity index (χ2n) is 5.61. The first-order valence-corrected chi connectivity index (χ1v) is 7.08. The van der Waals surface area contributed by atoms with Gasteiger partial charge in [0, 0.05) is 18.4 Å². The van der Waals surface area contributed by atoms with Gasteiger partial charge in [-0.05, 0) is 37.9 Å². The molecular formula is C16H19NO3. The third kappa shape index (κ3) is 2.56. The van der Waals surface area contributed by atoms with Crippen LogP contribution in [0.15, 0.2) is 34.7 Å². The zero-order valence-electron chi connectivity index (χ0n) is 11.6. The SMILES string of the molecule is CC(c1cc2ccccc2o1)N1CCC(CC(=O)O)C1. The minimum Gasteiger partial charge on any atom is -0.481 e. The number of benzene rings is 1. The van der Waals surface area contributed by atoms with Crippen LogP contribution in [0, 0.1) is 5.92 Å². The van der Waals surface area contributed by atoms with Gasteiger partial charge in [-0.15, -0.1) is 0 Å². The fourth-order valence-corrected chi connectivity index (χ4v) is 3.02. The predicted octanol–water partition coefficient (Wildman–Crippen LogP) is 3.29. The van der Waals surface area contributed by atoms with Crippen LogP contribution in [-0.4, -0.2) is 29.1 Å². The molecule has 1 fully saturated rings. The lowest BCUT2D eigenvalue weighted by molar-refractivity contribution is -0.138. The number of fused-ring (bicyclic) bond motifs is 1. The van der Waals surface area contributed by atoms with Gasteiger partial charge in [0.05, 0.1) is 6.04 Å². The Bertz CT molecular complexity index is 586. The van der Waals surface area contributed by atoms with Crippen molar-refractivity contribution >= 4 is 16.9 Å². The molecule has 0 saturated carbocycles. The van der Waals surface area contributed by atoms with E-state index in [-0.39, 0.29) is 18.4 Å². The summed E-state index contributed by atoms with van der Waals surface area (Å²) >= 11 is 0. The van der Waals surface area contributed by atoms with Crippen LogP contribution in [0.25, 0.3) is 11.0 Å². The minimum absolute atomic E-state index is 0.196. The quantitative estimate of drug-likeness (QED) is 0.928. The normalized spacial score (nSPS) is 21.4. The summed E-state index contributed by atoms with van der Waals surface area (Å²) in [5, 5.41) is 9.99. The van der Waals surface area contributed by atoms with Gasteiger partial charge in [-0.25, -0.2) is 0 Å². The molecule has 0 spiro atoms. The van der Waals surface area contributed by atoms with Crippen LogP contribution in [0.5, 0.6) is 0 Å². The number of aliphatic carboxylic acids is 1. The molecule has 2 atom stereocenters. The number of para-hydroxylation sites is 1. The second-order valence-corrected chi connectivity index (χ2v) is 5.61.